The minimum absolute atomic E-state index is 0.137. The van der Waals surface area contributed by atoms with Gasteiger partial charge in [-0.1, -0.05) is 33.2 Å². The van der Waals surface area contributed by atoms with Crippen LogP contribution < -0.4 is 10.9 Å². The van der Waals surface area contributed by atoms with Crippen LogP contribution in [0.1, 0.15) is 28.2 Å². The molecule has 0 aliphatic heterocycles. The Balaban J connectivity index is 1.39. The normalized spacial score (nSPS) is 12.8. The van der Waals surface area contributed by atoms with E-state index in [4.69, 9.17) is 4.52 Å². The molecule has 2 heterocycles. The zero-order valence-electron chi connectivity index (χ0n) is 14.4. The van der Waals surface area contributed by atoms with Crippen molar-refractivity contribution in [3.8, 4) is 11.3 Å². The van der Waals surface area contributed by atoms with Crippen molar-refractivity contribution >= 4 is 21.8 Å². The van der Waals surface area contributed by atoms with Crippen molar-refractivity contribution in [3.63, 3.8) is 0 Å². The molecule has 0 saturated carbocycles. The summed E-state index contributed by atoms with van der Waals surface area (Å²) in [6.45, 7) is 0.592. The van der Waals surface area contributed by atoms with Gasteiger partial charge in [-0.3, -0.25) is 9.59 Å². The fourth-order valence-electron chi connectivity index (χ4n) is 3.14. The number of benzene rings is 1. The van der Waals surface area contributed by atoms with Gasteiger partial charge in [-0.15, -0.1) is 0 Å². The van der Waals surface area contributed by atoms with E-state index >= 15 is 0 Å². The molecule has 4 rings (SSSR count). The second kappa shape index (κ2) is 7.48. The number of carbonyl (C=O) groups excluding carboxylic acids is 1. The van der Waals surface area contributed by atoms with Crippen LogP contribution >= 0.6 is 15.9 Å². The summed E-state index contributed by atoms with van der Waals surface area (Å²) in [6.07, 6.45) is 2.86. The van der Waals surface area contributed by atoms with Crippen molar-refractivity contribution in [1.82, 2.24) is 20.3 Å². The lowest BCUT2D eigenvalue weighted by Gasteiger charge is -2.07. The zero-order valence-corrected chi connectivity index (χ0v) is 16.0. The van der Waals surface area contributed by atoms with Crippen LogP contribution in [0.2, 0.25) is 0 Å². The average molecular weight is 429 g/mol. The molecule has 0 spiro atoms. The topological polar surface area (TPSA) is 90.0 Å². The van der Waals surface area contributed by atoms with Crippen LogP contribution in [-0.2, 0) is 19.4 Å². The lowest BCUT2D eigenvalue weighted by molar-refractivity contribution is 0.0942. The maximum Gasteiger partial charge on any atom is 0.273 e. The van der Waals surface area contributed by atoms with Crippen molar-refractivity contribution in [2.75, 3.05) is 6.54 Å². The molecule has 1 N–H and O–H groups in total. The Labute approximate surface area is 163 Å². The Morgan fingerprint density at radius 3 is 2.96 bits per heavy atom. The van der Waals surface area contributed by atoms with Gasteiger partial charge in [-0.2, -0.15) is 5.10 Å². The molecular formula is C19H17BrN4O3. The Kier molecular flexibility index (Phi) is 4.89. The van der Waals surface area contributed by atoms with E-state index in [0.717, 1.165) is 40.6 Å². The van der Waals surface area contributed by atoms with E-state index in [1.807, 2.05) is 24.3 Å². The average Bonchev–Trinajstić information content (AvgIpc) is 3.31. The third kappa shape index (κ3) is 3.71. The Morgan fingerprint density at radius 1 is 1.26 bits per heavy atom. The highest BCUT2D eigenvalue weighted by Gasteiger charge is 2.16. The maximum atomic E-state index is 12.3. The molecule has 2 aromatic heterocycles. The molecule has 1 aromatic carbocycles. The number of fused-ring (bicyclic) bond motifs is 1. The van der Waals surface area contributed by atoms with Gasteiger partial charge in [0.15, 0.2) is 11.5 Å². The molecule has 1 amide bonds. The first-order chi connectivity index (χ1) is 13.1. The predicted molar refractivity (Wildman–Crippen MR) is 102 cm³/mol. The molecular weight excluding hydrogens is 412 g/mol. The molecule has 138 valence electrons. The van der Waals surface area contributed by atoms with E-state index in [-0.39, 0.29) is 23.7 Å². The van der Waals surface area contributed by atoms with Crippen LogP contribution in [0.4, 0.5) is 0 Å². The molecule has 0 unspecified atom stereocenters. The first kappa shape index (κ1) is 17.7. The summed E-state index contributed by atoms with van der Waals surface area (Å²) in [5.41, 5.74) is 2.90. The van der Waals surface area contributed by atoms with E-state index in [0.29, 0.717) is 12.3 Å². The second-order valence-corrected chi connectivity index (χ2v) is 7.20. The summed E-state index contributed by atoms with van der Waals surface area (Å²) < 4.78 is 7.54. The summed E-state index contributed by atoms with van der Waals surface area (Å²) in [6, 6.07) is 10.8. The molecule has 27 heavy (non-hydrogen) atoms. The van der Waals surface area contributed by atoms with Crippen molar-refractivity contribution in [2.45, 2.75) is 25.8 Å². The summed E-state index contributed by atoms with van der Waals surface area (Å²) in [5.74, 6) is 0.149. The highest BCUT2D eigenvalue weighted by molar-refractivity contribution is 9.10. The molecule has 7 nitrogen and oxygen atoms in total. The van der Waals surface area contributed by atoms with Crippen LogP contribution in [0.3, 0.4) is 0 Å². The zero-order chi connectivity index (χ0) is 18.8. The minimum Gasteiger partial charge on any atom is -0.355 e. The van der Waals surface area contributed by atoms with Gasteiger partial charge in [0, 0.05) is 28.7 Å². The van der Waals surface area contributed by atoms with E-state index in [9.17, 15) is 9.59 Å². The second-order valence-electron chi connectivity index (χ2n) is 6.34. The summed E-state index contributed by atoms with van der Waals surface area (Å²) >= 11 is 3.45. The Morgan fingerprint density at radius 2 is 2.11 bits per heavy atom. The van der Waals surface area contributed by atoms with Gasteiger partial charge in [0.1, 0.15) is 0 Å². The highest BCUT2D eigenvalue weighted by atomic mass is 79.9. The SMILES string of the molecule is O=C(NCCn1nc2c(cc1=O)CCC2)c1cc(-c2ccccc2Br)on1. The van der Waals surface area contributed by atoms with Crippen LogP contribution in [0.25, 0.3) is 11.3 Å². The summed E-state index contributed by atoms with van der Waals surface area (Å²) in [7, 11) is 0. The highest BCUT2D eigenvalue weighted by Crippen LogP contribution is 2.28. The summed E-state index contributed by atoms with van der Waals surface area (Å²) in [5, 5.41) is 11.0. The van der Waals surface area contributed by atoms with E-state index in [1.165, 1.54) is 4.68 Å². The van der Waals surface area contributed by atoms with Crippen LogP contribution in [0.5, 0.6) is 0 Å². The number of rotatable bonds is 5. The number of hydrogen-bond acceptors (Lipinski definition) is 5. The fraction of sp³-hybridized carbons (Fsp3) is 0.263. The molecule has 1 aliphatic rings. The van der Waals surface area contributed by atoms with Crippen LogP contribution in [0, 0.1) is 0 Å². The van der Waals surface area contributed by atoms with Gasteiger partial charge in [0.05, 0.1) is 12.2 Å². The van der Waals surface area contributed by atoms with Gasteiger partial charge in [0.25, 0.3) is 11.5 Å². The van der Waals surface area contributed by atoms with Crippen LogP contribution in [0.15, 0.2) is 50.2 Å². The van der Waals surface area contributed by atoms with Gasteiger partial charge < -0.3 is 9.84 Å². The van der Waals surface area contributed by atoms with E-state index in [1.54, 1.807) is 12.1 Å². The predicted octanol–water partition coefficient (Wildman–Crippen LogP) is 2.58. The first-order valence-corrected chi connectivity index (χ1v) is 9.51. The molecule has 0 atom stereocenters. The molecule has 1 aliphatic carbocycles. The van der Waals surface area contributed by atoms with Crippen molar-refractivity contribution in [1.29, 1.82) is 0 Å². The number of aromatic nitrogens is 3. The molecule has 0 radical (unpaired) electrons. The number of nitrogens with one attached hydrogen (secondary N) is 1. The Bertz CT molecular complexity index is 1060. The lowest BCUT2D eigenvalue weighted by Crippen LogP contribution is -2.32. The third-order valence-corrected chi connectivity index (χ3v) is 5.21. The van der Waals surface area contributed by atoms with Gasteiger partial charge in [-0.05, 0) is 37.0 Å². The van der Waals surface area contributed by atoms with Gasteiger partial charge >= 0.3 is 0 Å². The molecule has 0 saturated heterocycles. The van der Waals surface area contributed by atoms with Gasteiger partial charge in [-0.25, -0.2) is 4.68 Å². The smallest absolute Gasteiger partial charge is 0.273 e. The van der Waals surface area contributed by atoms with Crippen molar-refractivity contribution in [2.24, 2.45) is 0 Å². The summed E-state index contributed by atoms with van der Waals surface area (Å²) in [4.78, 5) is 24.4. The molecule has 3 aromatic rings. The first-order valence-electron chi connectivity index (χ1n) is 8.71. The monoisotopic (exact) mass is 428 g/mol. The Hall–Kier alpha value is -2.74. The lowest BCUT2D eigenvalue weighted by atomic mass is 10.1. The standard InChI is InChI=1S/C19H17BrN4O3/c20-14-6-2-1-5-13(14)17-11-16(23-27-17)19(26)21-8-9-24-18(25)10-12-4-3-7-15(12)22-24/h1-2,5-6,10-11H,3-4,7-9H2,(H,21,26). The molecule has 8 heteroatoms. The maximum absolute atomic E-state index is 12.3. The number of nitrogens with zero attached hydrogens (tertiary/aromatic N) is 3. The number of halogens is 1. The quantitative estimate of drug-likeness (QED) is 0.674. The number of carbonyl (C=O) groups is 1. The van der Waals surface area contributed by atoms with Gasteiger partial charge in [0.2, 0.25) is 0 Å². The largest absolute Gasteiger partial charge is 0.355 e. The third-order valence-electron chi connectivity index (χ3n) is 4.52. The van der Waals surface area contributed by atoms with E-state index in [2.05, 4.69) is 31.5 Å². The molecule has 0 fully saturated rings. The van der Waals surface area contributed by atoms with E-state index < -0.39 is 0 Å². The number of hydrogen-bond donors (Lipinski definition) is 1. The van der Waals surface area contributed by atoms with Crippen LogP contribution in [-0.4, -0.2) is 27.4 Å². The number of amides is 1. The van der Waals surface area contributed by atoms with Crippen molar-refractivity contribution < 1.29 is 9.32 Å². The van der Waals surface area contributed by atoms with Crippen molar-refractivity contribution in [3.05, 3.63) is 68.2 Å². The molecule has 0 bridgehead atoms. The number of aryl methyl sites for hydroxylation is 2. The minimum atomic E-state index is -0.355. The fourth-order valence-corrected chi connectivity index (χ4v) is 3.62.